The van der Waals surface area contributed by atoms with Crippen molar-refractivity contribution in [2.75, 3.05) is 12.4 Å². The zero-order chi connectivity index (χ0) is 15.3. The van der Waals surface area contributed by atoms with Crippen molar-refractivity contribution in [3.8, 4) is 0 Å². The zero-order valence-electron chi connectivity index (χ0n) is 11.7. The molecule has 0 fully saturated rings. The Hall–Kier alpha value is -2.44. The van der Waals surface area contributed by atoms with Crippen LogP contribution >= 0.6 is 0 Å². The largest absolute Gasteiger partial charge is 0.463 e. The van der Waals surface area contributed by atoms with Gasteiger partial charge in [-0.15, -0.1) is 0 Å². The number of Topliss-reactive ketones (excluding diaryl/α,β-unsaturated/α-hetero) is 1. The molecule has 1 aromatic rings. The highest BCUT2D eigenvalue weighted by Crippen LogP contribution is 2.12. The first-order valence-corrected chi connectivity index (χ1v) is 5.81. The minimum absolute atomic E-state index is 0.120. The summed E-state index contributed by atoms with van der Waals surface area (Å²) < 4.78 is 9.38. The monoisotopic (exact) mass is 280 g/mol. The number of ketones is 1. The predicted octanol–water partition coefficient (Wildman–Crippen LogP) is 1.78. The molecule has 0 unspecified atom stereocenters. The molecule has 0 bridgehead atoms. The number of rotatable bonds is 3. The van der Waals surface area contributed by atoms with Crippen molar-refractivity contribution in [2.45, 2.75) is 26.4 Å². The van der Waals surface area contributed by atoms with Crippen molar-refractivity contribution in [3.05, 3.63) is 24.0 Å². The maximum Gasteiger partial charge on any atom is 0.412 e. The summed E-state index contributed by atoms with van der Waals surface area (Å²) in [5.74, 6) is -1.91. The van der Waals surface area contributed by atoms with E-state index in [1.807, 2.05) is 0 Å². The number of carbonyl (C=O) groups excluding carboxylic acids is 3. The van der Waals surface area contributed by atoms with Crippen molar-refractivity contribution in [3.63, 3.8) is 0 Å². The quantitative estimate of drug-likeness (QED) is 0.515. The SMILES string of the molecule is COC(=O)C(=O)c1cc(NC(=O)OC(C)(C)C)ccn1. The molecule has 0 aliphatic rings. The van der Waals surface area contributed by atoms with Crippen molar-refractivity contribution in [1.82, 2.24) is 4.98 Å². The van der Waals surface area contributed by atoms with E-state index in [4.69, 9.17) is 4.74 Å². The predicted molar refractivity (Wildman–Crippen MR) is 70.4 cm³/mol. The molecule has 7 heteroatoms. The maximum absolute atomic E-state index is 11.6. The van der Waals surface area contributed by atoms with Gasteiger partial charge in [-0.05, 0) is 32.9 Å². The van der Waals surface area contributed by atoms with E-state index in [-0.39, 0.29) is 5.69 Å². The minimum Gasteiger partial charge on any atom is -0.463 e. The van der Waals surface area contributed by atoms with Gasteiger partial charge < -0.3 is 9.47 Å². The van der Waals surface area contributed by atoms with E-state index in [1.165, 1.54) is 18.3 Å². The third-order valence-corrected chi connectivity index (χ3v) is 2.01. The van der Waals surface area contributed by atoms with E-state index in [0.29, 0.717) is 5.69 Å². The summed E-state index contributed by atoms with van der Waals surface area (Å²) in [6, 6.07) is 2.74. The van der Waals surface area contributed by atoms with E-state index >= 15 is 0 Å². The average molecular weight is 280 g/mol. The maximum atomic E-state index is 11.6. The standard InChI is InChI=1S/C13H16N2O5/c1-13(2,3)20-12(18)15-8-5-6-14-9(7-8)10(16)11(17)19-4/h5-7H,1-4H3,(H,14,15,18). The normalized spacial score (nSPS) is 10.6. The number of pyridine rings is 1. The molecule has 1 amide bonds. The van der Waals surface area contributed by atoms with Gasteiger partial charge in [-0.1, -0.05) is 0 Å². The van der Waals surface area contributed by atoms with Gasteiger partial charge in [-0.25, -0.2) is 9.59 Å². The molecule has 0 aromatic carbocycles. The van der Waals surface area contributed by atoms with Gasteiger partial charge in [0.1, 0.15) is 11.3 Å². The molecule has 0 aliphatic carbocycles. The van der Waals surface area contributed by atoms with Crippen molar-refractivity contribution in [2.24, 2.45) is 0 Å². The van der Waals surface area contributed by atoms with Crippen LogP contribution in [0.5, 0.6) is 0 Å². The van der Waals surface area contributed by atoms with E-state index in [0.717, 1.165) is 7.11 Å². The Labute approximate surface area is 116 Å². The van der Waals surface area contributed by atoms with Crippen LogP contribution in [0, 0.1) is 0 Å². The summed E-state index contributed by atoms with van der Waals surface area (Å²) in [6.45, 7) is 5.18. The number of nitrogens with one attached hydrogen (secondary N) is 1. The summed E-state index contributed by atoms with van der Waals surface area (Å²) in [4.78, 5) is 38.0. The highest BCUT2D eigenvalue weighted by atomic mass is 16.6. The highest BCUT2D eigenvalue weighted by molar-refractivity contribution is 6.40. The Bertz CT molecular complexity index is 534. The van der Waals surface area contributed by atoms with Gasteiger partial charge in [0.25, 0.3) is 5.78 Å². The van der Waals surface area contributed by atoms with Crippen LogP contribution in [-0.4, -0.2) is 35.5 Å². The van der Waals surface area contributed by atoms with E-state index in [1.54, 1.807) is 20.8 Å². The Kier molecular flexibility index (Phi) is 4.79. The van der Waals surface area contributed by atoms with Gasteiger partial charge in [-0.3, -0.25) is 15.1 Å². The highest BCUT2D eigenvalue weighted by Gasteiger charge is 2.20. The van der Waals surface area contributed by atoms with Crippen molar-refractivity contribution < 1.29 is 23.9 Å². The first kappa shape index (κ1) is 15.6. The summed E-state index contributed by atoms with van der Waals surface area (Å²) in [5, 5.41) is 2.45. The molecular weight excluding hydrogens is 264 g/mol. The zero-order valence-corrected chi connectivity index (χ0v) is 11.7. The lowest BCUT2D eigenvalue weighted by Gasteiger charge is -2.19. The second-order valence-electron chi connectivity index (χ2n) is 4.88. The van der Waals surface area contributed by atoms with Gasteiger partial charge >= 0.3 is 12.1 Å². The number of nitrogens with zero attached hydrogens (tertiary/aromatic N) is 1. The van der Waals surface area contributed by atoms with Gasteiger partial charge in [0.05, 0.1) is 7.11 Å². The molecule has 1 N–H and O–H groups in total. The summed E-state index contributed by atoms with van der Waals surface area (Å²) >= 11 is 0. The van der Waals surface area contributed by atoms with E-state index < -0.39 is 23.4 Å². The Morgan fingerprint density at radius 2 is 1.90 bits per heavy atom. The van der Waals surface area contributed by atoms with Gasteiger partial charge in [0, 0.05) is 11.9 Å². The minimum atomic E-state index is -1.02. The first-order chi connectivity index (χ1) is 9.23. The molecule has 0 aliphatic heterocycles. The van der Waals surface area contributed by atoms with Crippen LogP contribution < -0.4 is 5.32 Å². The van der Waals surface area contributed by atoms with Crippen molar-refractivity contribution in [1.29, 1.82) is 0 Å². The number of esters is 1. The Balaban J connectivity index is 2.81. The van der Waals surface area contributed by atoms with E-state index in [9.17, 15) is 14.4 Å². The lowest BCUT2D eigenvalue weighted by atomic mass is 10.2. The Morgan fingerprint density at radius 3 is 2.45 bits per heavy atom. The van der Waals surface area contributed by atoms with Crippen LogP contribution in [0.1, 0.15) is 31.3 Å². The van der Waals surface area contributed by atoms with Crippen LogP contribution in [0.25, 0.3) is 0 Å². The summed E-state index contributed by atoms with van der Waals surface area (Å²) in [5.41, 5.74) is -0.464. The fraction of sp³-hybridized carbons (Fsp3) is 0.385. The van der Waals surface area contributed by atoms with Crippen LogP contribution in [0.15, 0.2) is 18.3 Å². The van der Waals surface area contributed by atoms with Gasteiger partial charge in [-0.2, -0.15) is 0 Å². The topological polar surface area (TPSA) is 94.6 Å². The van der Waals surface area contributed by atoms with Crippen LogP contribution in [-0.2, 0) is 14.3 Å². The number of hydrogen-bond acceptors (Lipinski definition) is 6. The molecule has 0 radical (unpaired) electrons. The molecule has 1 aromatic heterocycles. The molecule has 7 nitrogen and oxygen atoms in total. The Morgan fingerprint density at radius 1 is 1.25 bits per heavy atom. The lowest BCUT2D eigenvalue weighted by molar-refractivity contribution is -0.135. The van der Waals surface area contributed by atoms with Gasteiger partial charge in [0.15, 0.2) is 0 Å². The third-order valence-electron chi connectivity index (χ3n) is 2.01. The second kappa shape index (κ2) is 6.14. The molecule has 1 rings (SSSR count). The average Bonchev–Trinajstić information content (AvgIpc) is 2.34. The molecule has 0 saturated heterocycles. The van der Waals surface area contributed by atoms with Crippen LogP contribution in [0.3, 0.4) is 0 Å². The second-order valence-corrected chi connectivity index (χ2v) is 4.88. The molecular formula is C13H16N2O5. The summed E-state index contributed by atoms with van der Waals surface area (Å²) in [6.07, 6.45) is 0.628. The fourth-order valence-corrected chi connectivity index (χ4v) is 1.25. The number of amides is 1. The van der Waals surface area contributed by atoms with Crippen LogP contribution in [0.2, 0.25) is 0 Å². The first-order valence-electron chi connectivity index (χ1n) is 5.81. The number of hydrogen-bond donors (Lipinski definition) is 1. The lowest BCUT2D eigenvalue weighted by Crippen LogP contribution is -2.27. The third kappa shape index (κ3) is 4.68. The fourth-order valence-electron chi connectivity index (χ4n) is 1.25. The van der Waals surface area contributed by atoms with Gasteiger partial charge in [0.2, 0.25) is 0 Å². The van der Waals surface area contributed by atoms with E-state index in [2.05, 4.69) is 15.0 Å². The molecule has 108 valence electrons. The molecule has 0 spiro atoms. The molecule has 1 heterocycles. The van der Waals surface area contributed by atoms with Crippen LogP contribution in [0.4, 0.5) is 10.5 Å². The number of anilines is 1. The molecule has 20 heavy (non-hydrogen) atoms. The van der Waals surface area contributed by atoms with Crippen molar-refractivity contribution >= 4 is 23.5 Å². The number of aromatic nitrogens is 1. The molecule has 0 saturated carbocycles. The smallest absolute Gasteiger partial charge is 0.412 e. The number of methoxy groups -OCH3 is 1. The number of carbonyl (C=O) groups is 3. The number of ether oxygens (including phenoxy) is 2. The summed E-state index contributed by atoms with van der Waals surface area (Å²) in [7, 11) is 1.10. The molecule has 0 atom stereocenters.